The third-order valence-corrected chi connectivity index (χ3v) is 2.55. The van der Waals surface area contributed by atoms with Crippen molar-refractivity contribution in [3.05, 3.63) is 0 Å². The molecule has 1 rings (SSSR count). The number of ether oxygens (including phenoxy) is 3. The first-order chi connectivity index (χ1) is 7.36. The zero-order valence-electron chi connectivity index (χ0n) is 9.41. The van der Waals surface area contributed by atoms with Crippen molar-refractivity contribution in [2.24, 2.45) is 0 Å². The van der Waals surface area contributed by atoms with Crippen LogP contribution in [-0.4, -0.2) is 32.7 Å². The Morgan fingerprint density at radius 2 is 2.40 bits per heavy atom. The lowest BCUT2D eigenvalue weighted by Gasteiger charge is -2.24. The van der Waals surface area contributed by atoms with Crippen molar-refractivity contribution < 1.29 is 14.2 Å². The average molecular weight is 212 g/mol. The molecule has 0 bridgehead atoms. The van der Waals surface area contributed by atoms with Crippen molar-refractivity contribution in [3.8, 4) is 12.3 Å². The maximum Gasteiger partial charge on any atom is 0.157 e. The van der Waals surface area contributed by atoms with Gasteiger partial charge in [0.05, 0.1) is 12.7 Å². The molecule has 0 N–H and O–H groups in total. The molecular formula is C12H20O3. The average Bonchev–Trinajstić information content (AvgIpc) is 2.31. The Bertz CT molecular complexity index is 192. The summed E-state index contributed by atoms with van der Waals surface area (Å²) in [6.45, 7) is 1.38. The maximum atomic E-state index is 5.62. The number of hydrogen-bond donors (Lipinski definition) is 0. The Morgan fingerprint density at radius 1 is 1.53 bits per heavy atom. The molecule has 1 fully saturated rings. The number of rotatable bonds is 6. The van der Waals surface area contributed by atoms with E-state index in [0.717, 1.165) is 32.3 Å². The second-order valence-electron chi connectivity index (χ2n) is 3.73. The molecule has 0 aromatic rings. The van der Waals surface area contributed by atoms with Gasteiger partial charge in [-0.25, -0.2) is 0 Å². The first kappa shape index (κ1) is 12.5. The van der Waals surface area contributed by atoms with Gasteiger partial charge in [-0.15, -0.1) is 12.3 Å². The fourth-order valence-corrected chi connectivity index (χ4v) is 1.57. The molecular weight excluding hydrogens is 192 g/mol. The fraction of sp³-hybridized carbons (Fsp3) is 0.833. The summed E-state index contributed by atoms with van der Waals surface area (Å²) in [5.41, 5.74) is 0. The summed E-state index contributed by atoms with van der Waals surface area (Å²) in [5, 5.41) is 0. The highest BCUT2D eigenvalue weighted by molar-refractivity contribution is 4.84. The monoisotopic (exact) mass is 212 g/mol. The van der Waals surface area contributed by atoms with E-state index in [4.69, 9.17) is 20.6 Å². The second kappa shape index (κ2) is 7.70. The molecule has 0 amide bonds. The van der Waals surface area contributed by atoms with Gasteiger partial charge in [-0.1, -0.05) is 0 Å². The van der Waals surface area contributed by atoms with Crippen LogP contribution < -0.4 is 0 Å². The van der Waals surface area contributed by atoms with Crippen molar-refractivity contribution in [2.75, 3.05) is 20.3 Å². The van der Waals surface area contributed by atoms with Crippen LogP contribution in [0.3, 0.4) is 0 Å². The molecule has 0 aromatic heterocycles. The smallest absolute Gasteiger partial charge is 0.157 e. The summed E-state index contributed by atoms with van der Waals surface area (Å²) in [5.74, 6) is 2.60. The lowest BCUT2D eigenvalue weighted by atomic mass is 10.2. The van der Waals surface area contributed by atoms with E-state index in [2.05, 4.69) is 5.92 Å². The van der Waals surface area contributed by atoms with Gasteiger partial charge < -0.3 is 14.2 Å². The van der Waals surface area contributed by atoms with E-state index in [-0.39, 0.29) is 12.4 Å². The Kier molecular flexibility index (Phi) is 6.42. The molecule has 1 heterocycles. The van der Waals surface area contributed by atoms with E-state index in [1.807, 2.05) is 0 Å². The van der Waals surface area contributed by atoms with Crippen LogP contribution in [0, 0.1) is 12.3 Å². The third-order valence-electron chi connectivity index (χ3n) is 2.55. The van der Waals surface area contributed by atoms with Gasteiger partial charge in [0.1, 0.15) is 0 Å². The Hall–Kier alpha value is -0.560. The van der Waals surface area contributed by atoms with Gasteiger partial charge in [-0.05, 0) is 25.7 Å². The molecule has 0 aromatic carbocycles. The predicted molar refractivity (Wildman–Crippen MR) is 58.4 cm³/mol. The Balaban J connectivity index is 2.12. The lowest BCUT2D eigenvalue weighted by molar-refractivity contribution is -0.177. The molecule has 1 aliphatic heterocycles. The van der Waals surface area contributed by atoms with Gasteiger partial charge in [0.15, 0.2) is 6.29 Å². The molecule has 3 heteroatoms. The number of terminal acetylenes is 1. The number of methoxy groups -OCH3 is 1. The summed E-state index contributed by atoms with van der Waals surface area (Å²) < 4.78 is 16.3. The van der Waals surface area contributed by atoms with Crippen LogP contribution in [-0.2, 0) is 14.2 Å². The van der Waals surface area contributed by atoms with E-state index < -0.39 is 0 Å². The van der Waals surface area contributed by atoms with Crippen molar-refractivity contribution >= 4 is 0 Å². The van der Waals surface area contributed by atoms with Gasteiger partial charge in [0, 0.05) is 20.1 Å². The minimum absolute atomic E-state index is 0.0396. The molecule has 15 heavy (non-hydrogen) atoms. The highest BCUT2D eigenvalue weighted by Gasteiger charge is 2.16. The van der Waals surface area contributed by atoms with Gasteiger partial charge in [-0.2, -0.15) is 0 Å². The van der Waals surface area contributed by atoms with E-state index in [1.165, 1.54) is 6.42 Å². The van der Waals surface area contributed by atoms with Crippen molar-refractivity contribution in [1.82, 2.24) is 0 Å². The summed E-state index contributed by atoms with van der Waals surface area (Å²) in [6, 6.07) is 0. The van der Waals surface area contributed by atoms with Gasteiger partial charge in [0.2, 0.25) is 0 Å². The molecule has 3 nitrogen and oxygen atoms in total. The van der Waals surface area contributed by atoms with Gasteiger partial charge >= 0.3 is 0 Å². The molecule has 0 aliphatic carbocycles. The molecule has 2 atom stereocenters. The van der Waals surface area contributed by atoms with Gasteiger partial charge in [-0.3, -0.25) is 0 Å². The van der Waals surface area contributed by atoms with E-state index >= 15 is 0 Å². The maximum absolute atomic E-state index is 5.62. The zero-order valence-corrected chi connectivity index (χ0v) is 9.41. The second-order valence-corrected chi connectivity index (χ2v) is 3.73. The van der Waals surface area contributed by atoms with Crippen LogP contribution in [0.25, 0.3) is 0 Å². The quantitative estimate of drug-likeness (QED) is 0.630. The molecule has 86 valence electrons. The predicted octanol–water partition coefficient (Wildman–Crippen LogP) is 1.96. The topological polar surface area (TPSA) is 27.7 Å². The van der Waals surface area contributed by atoms with Crippen LogP contribution >= 0.6 is 0 Å². The molecule has 1 aliphatic rings. The Morgan fingerprint density at radius 3 is 3.00 bits per heavy atom. The minimum atomic E-state index is -0.0396. The summed E-state index contributed by atoms with van der Waals surface area (Å²) in [6.07, 6.45) is 10.1. The summed E-state index contributed by atoms with van der Waals surface area (Å²) >= 11 is 0. The van der Waals surface area contributed by atoms with Crippen molar-refractivity contribution in [2.45, 2.75) is 44.5 Å². The van der Waals surface area contributed by atoms with Crippen LogP contribution in [0.15, 0.2) is 0 Å². The minimum Gasteiger partial charge on any atom is -0.379 e. The fourth-order valence-electron chi connectivity index (χ4n) is 1.57. The zero-order chi connectivity index (χ0) is 10.9. The van der Waals surface area contributed by atoms with Crippen LogP contribution in [0.5, 0.6) is 0 Å². The van der Waals surface area contributed by atoms with E-state index in [0.29, 0.717) is 6.61 Å². The molecule has 0 saturated carbocycles. The first-order valence-electron chi connectivity index (χ1n) is 5.56. The van der Waals surface area contributed by atoms with E-state index in [9.17, 15) is 0 Å². The largest absolute Gasteiger partial charge is 0.379 e. The van der Waals surface area contributed by atoms with Crippen LogP contribution in [0.1, 0.15) is 32.1 Å². The third kappa shape index (κ3) is 5.17. The highest BCUT2D eigenvalue weighted by Crippen LogP contribution is 2.14. The normalized spacial score (nSPS) is 23.3. The SMILES string of the molecule is C#CCC[C@@H](COC1CCCCO1)OC. The number of hydrogen-bond acceptors (Lipinski definition) is 3. The van der Waals surface area contributed by atoms with Crippen molar-refractivity contribution in [1.29, 1.82) is 0 Å². The van der Waals surface area contributed by atoms with Crippen LogP contribution in [0.4, 0.5) is 0 Å². The highest BCUT2D eigenvalue weighted by atomic mass is 16.7. The molecule has 0 spiro atoms. The molecule has 1 unspecified atom stereocenters. The lowest BCUT2D eigenvalue weighted by Crippen LogP contribution is -2.27. The van der Waals surface area contributed by atoms with E-state index in [1.54, 1.807) is 7.11 Å². The molecule has 0 radical (unpaired) electrons. The standard InChI is InChI=1S/C12H20O3/c1-3-4-7-11(13-2)10-15-12-8-5-6-9-14-12/h1,11-12H,4-10H2,2H3/t11-,12?/m0/s1. The molecule has 1 saturated heterocycles. The van der Waals surface area contributed by atoms with Gasteiger partial charge in [0.25, 0.3) is 0 Å². The first-order valence-corrected chi connectivity index (χ1v) is 5.56. The Labute approximate surface area is 92.1 Å². The summed E-state index contributed by atoms with van der Waals surface area (Å²) in [7, 11) is 1.69. The van der Waals surface area contributed by atoms with Crippen molar-refractivity contribution in [3.63, 3.8) is 0 Å². The summed E-state index contributed by atoms with van der Waals surface area (Å²) in [4.78, 5) is 0. The van der Waals surface area contributed by atoms with Crippen LogP contribution in [0.2, 0.25) is 0 Å².